The monoisotopic (exact) mass is 680 g/mol. The summed E-state index contributed by atoms with van der Waals surface area (Å²) in [6.07, 6.45) is -0.818. The number of hydrazine groups is 1. The van der Waals surface area contributed by atoms with E-state index in [0.29, 0.717) is 40.5 Å². The van der Waals surface area contributed by atoms with Crippen molar-refractivity contribution >= 4 is 40.7 Å². The summed E-state index contributed by atoms with van der Waals surface area (Å²) in [5, 5.41) is 13.4. The van der Waals surface area contributed by atoms with Crippen LogP contribution in [0, 0.1) is 11.6 Å². The lowest BCUT2D eigenvalue weighted by molar-refractivity contribution is -0.130. The number of nitrogens with one attached hydrogen (secondary N) is 2. The predicted molar refractivity (Wildman–Crippen MR) is 173 cm³/mol. The topological polar surface area (TPSA) is 141 Å². The van der Waals surface area contributed by atoms with Gasteiger partial charge in [-0.1, -0.05) is 64.7 Å². The van der Waals surface area contributed by atoms with Gasteiger partial charge < -0.3 is 14.6 Å². The molecule has 0 unspecified atom stereocenters. The fraction of sp³-hybridized carbons (Fsp3) is 0.212. The van der Waals surface area contributed by atoms with Crippen LogP contribution in [-0.4, -0.2) is 35.7 Å². The van der Waals surface area contributed by atoms with Crippen LogP contribution >= 0.6 is 23.2 Å². The Balaban J connectivity index is 1.59. The maximum Gasteiger partial charge on any atom is 0.266 e. The molecule has 2 atom stereocenters. The third kappa shape index (κ3) is 7.65. The molecular formula is C33H28Cl2F2N6O4. The van der Waals surface area contributed by atoms with Crippen molar-refractivity contribution in [1.29, 1.82) is 0 Å². The van der Waals surface area contributed by atoms with E-state index in [2.05, 4.69) is 20.9 Å². The molecule has 0 radical (unpaired) electrons. The molecule has 0 spiro atoms. The predicted octanol–water partition coefficient (Wildman–Crippen LogP) is 7.30. The second kappa shape index (κ2) is 15.3. The van der Waals surface area contributed by atoms with Gasteiger partial charge in [0.15, 0.2) is 11.6 Å². The van der Waals surface area contributed by atoms with Gasteiger partial charge in [-0.25, -0.2) is 19.2 Å². The van der Waals surface area contributed by atoms with E-state index in [4.69, 9.17) is 42.8 Å². The molecule has 3 N–H and O–H groups in total. The van der Waals surface area contributed by atoms with Crippen LogP contribution in [0.3, 0.4) is 0 Å². The first-order valence-electron chi connectivity index (χ1n) is 14.4. The summed E-state index contributed by atoms with van der Waals surface area (Å²) in [6, 6.07) is 21.7. The minimum absolute atomic E-state index is 0.00554. The zero-order valence-corrected chi connectivity index (χ0v) is 26.2. The molecule has 4 aromatic carbocycles. The van der Waals surface area contributed by atoms with Crippen molar-refractivity contribution in [3.8, 4) is 5.75 Å². The molecule has 0 bridgehead atoms. The Hall–Kier alpha value is -4.71. The molecule has 5 rings (SSSR count). The number of aliphatic hydroxyl groups excluding tert-OH is 1. The van der Waals surface area contributed by atoms with E-state index in [9.17, 15) is 19.1 Å². The molecule has 0 fully saturated rings. The van der Waals surface area contributed by atoms with E-state index in [-0.39, 0.29) is 41.7 Å². The van der Waals surface area contributed by atoms with E-state index >= 15 is 0 Å². The molecule has 0 saturated heterocycles. The Bertz CT molecular complexity index is 1820. The molecule has 0 aromatic heterocycles. The first kappa shape index (κ1) is 33.6. The van der Waals surface area contributed by atoms with Crippen LogP contribution in [0.15, 0.2) is 95.0 Å². The van der Waals surface area contributed by atoms with Gasteiger partial charge in [0.25, 0.3) is 5.91 Å². The third-order valence-electron chi connectivity index (χ3n) is 7.41. The van der Waals surface area contributed by atoms with E-state index in [1.54, 1.807) is 60.7 Å². The van der Waals surface area contributed by atoms with Crippen molar-refractivity contribution in [2.75, 3.05) is 13.2 Å². The van der Waals surface area contributed by atoms with Crippen molar-refractivity contribution in [1.82, 2.24) is 10.9 Å². The molecule has 1 aliphatic heterocycles. The van der Waals surface area contributed by atoms with E-state index in [1.165, 1.54) is 12.1 Å². The van der Waals surface area contributed by atoms with Gasteiger partial charge in [0.2, 0.25) is 5.90 Å². The number of halogens is 4. The molecule has 0 aliphatic carbocycles. The summed E-state index contributed by atoms with van der Waals surface area (Å²) in [6.45, 7) is -0.0618. The highest BCUT2D eigenvalue weighted by molar-refractivity contribution is 6.35. The lowest BCUT2D eigenvalue weighted by atomic mass is 9.81. The average molecular weight is 682 g/mol. The molecule has 1 aliphatic rings. The second-order valence-corrected chi connectivity index (χ2v) is 11.3. The number of carbonyl (C=O) groups is 1. The fourth-order valence-corrected chi connectivity index (χ4v) is 5.60. The molecule has 1 amide bonds. The Morgan fingerprint density at radius 2 is 1.81 bits per heavy atom. The minimum atomic E-state index is -1.80. The molecule has 14 heteroatoms. The molecule has 47 heavy (non-hydrogen) atoms. The highest BCUT2D eigenvalue weighted by Gasteiger charge is 2.54. The third-order valence-corrected chi connectivity index (χ3v) is 7.97. The number of aliphatic hydroxyl groups is 1. The van der Waals surface area contributed by atoms with E-state index < -0.39 is 29.2 Å². The summed E-state index contributed by atoms with van der Waals surface area (Å²) in [4.78, 5) is 22.2. The molecular weight excluding hydrogens is 653 g/mol. The van der Waals surface area contributed by atoms with E-state index in [1.807, 2.05) is 0 Å². The minimum Gasteiger partial charge on any atom is -0.494 e. The SMILES string of the molecule is [N-]=[N+]=Nc1ccccc1C[C@]1(C(=O)NNCc2c(F)cccc2F)N=C(c2ccc(OCCCO)cc2)O[C@H]1c1ccc(Cl)cc1Cl. The number of hydrogen-bond donors (Lipinski definition) is 3. The number of aliphatic imine (C=N–C) groups is 1. The maximum atomic E-state index is 14.4. The Morgan fingerprint density at radius 1 is 1.06 bits per heavy atom. The first-order chi connectivity index (χ1) is 22.8. The Labute approximate surface area is 278 Å². The van der Waals surface area contributed by atoms with Gasteiger partial charge in [-0.15, -0.1) is 0 Å². The lowest BCUT2D eigenvalue weighted by Crippen LogP contribution is -2.53. The molecule has 4 aromatic rings. The van der Waals surface area contributed by atoms with Crippen molar-refractivity contribution < 1.29 is 28.2 Å². The van der Waals surface area contributed by atoms with Crippen LogP contribution in [-0.2, 0) is 22.5 Å². The van der Waals surface area contributed by atoms with Crippen LogP contribution in [0.2, 0.25) is 10.0 Å². The summed E-state index contributed by atoms with van der Waals surface area (Å²) in [5.41, 5.74) is 13.9. The summed E-state index contributed by atoms with van der Waals surface area (Å²) < 4.78 is 40.8. The van der Waals surface area contributed by atoms with Gasteiger partial charge in [0.1, 0.15) is 17.4 Å². The van der Waals surface area contributed by atoms with Gasteiger partial charge >= 0.3 is 0 Å². The first-order valence-corrected chi connectivity index (χ1v) is 15.2. The summed E-state index contributed by atoms with van der Waals surface area (Å²) in [5.74, 6) is -1.65. The largest absolute Gasteiger partial charge is 0.494 e. The standard InChI is InChI=1S/C33H28Cl2F2N6O4/c34-22-11-14-24(26(35)17-22)30-33(18-21-5-1-2-8-29(21)41-43-38,32(45)42-39-19-25-27(36)6-3-7-28(25)37)40-31(47-30)20-9-12-23(13-10-20)46-16-4-15-44/h1-3,5-14,17,30,39,44H,4,15-16,18-19H2,(H,42,45)/t30-,33-/m0/s1. The lowest BCUT2D eigenvalue weighted by Gasteiger charge is -2.31. The van der Waals surface area contributed by atoms with Crippen molar-refractivity contribution in [3.63, 3.8) is 0 Å². The Kier molecular flexibility index (Phi) is 10.9. The number of ether oxygens (including phenoxy) is 2. The molecule has 242 valence electrons. The highest BCUT2D eigenvalue weighted by Crippen LogP contribution is 2.46. The maximum absolute atomic E-state index is 14.4. The van der Waals surface area contributed by atoms with Crippen LogP contribution in [0.4, 0.5) is 14.5 Å². The number of nitrogens with zero attached hydrogens (tertiary/aromatic N) is 4. The van der Waals surface area contributed by atoms with Gasteiger partial charge in [-0.3, -0.25) is 10.2 Å². The van der Waals surface area contributed by atoms with E-state index in [0.717, 1.165) is 12.1 Å². The van der Waals surface area contributed by atoms with Crippen molar-refractivity contribution in [2.24, 2.45) is 10.1 Å². The van der Waals surface area contributed by atoms with Crippen molar-refractivity contribution in [3.05, 3.63) is 139 Å². The fourth-order valence-electron chi connectivity index (χ4n) is 5.09. The quantitative estimate of drug-likeness (QED) is 0.0447. The zero-order chi connectivity index (χ0) is 33.4. The van der Waals surface area contributed by atoms with Gasteiger partial charge in [-0.2, -0.15) is 0 Å². The highest BCUT2D eigenvalue weighted by atomic mass is 35.5. The van der Waals surface area contributed by atoms with Gasteiger partial charge in [-0.05, 0) is 59.6 Å². The smallest absolute Gasteiger partial charge is 0.266 e. The number of hydrogen-bond acceptors (Lipinski definition) is 7. The summed E-state index contributed by atoms with van der Waals surface area (Å²) >= 11 is 12.9. The number of azide groups is 1. The number of carbonyl (C=O) groups excluding carboxylic acids is 1. The number of rotatable bonds is 13. The number of amides is 1. The van der Waals surface area contributed by atoms with Crippen LogP contribution in [0.25, 0.3) is 10.4 Å². The molecule has 0 saturated carbocycles. The second-order valence-electron chi connectivity index (χ2n) is 10.5. The van der Waals surface area contributed by atoms with Crippen molar-refractivity contribution in [2.45, 2.75) is 31.0 Å². The van der Waals surface area contributed by atoms with Gasteiger partial charge in [0.05, 0.1) is 6.61 Å². The Morgan fingerprint density at radius 3 is 2.51 bits per heavy atom. The zero-order valence-electron chi connectivity index (χ0n) is 24.7. The van der Waals surface area contributed by atoms with Crippen LogP contribution in [0.5, 0.6) is 5.75 Å². The summed E-state index contributed by atoms with van der Waals surface area (Å²) in [7, 11) is 0. The molecule has 10 nitrogen and oxygen atoms in total. The van der Waals surface area contributed by atoms with Crippen LogP contribution in [0.1, 0.15) is 34.8 Å². The van der Waals surface area contributed by atoms with Gasteiger partial charge in [0, 0.05) is 63.3 Å². The van der Waals surface area contributed by atoms with Crippen LogP contribution < -0.4 is 15.6 Å². The molecule has 1 heterocycles. The number of benzene rings is 4. The average Bonchev–Trinajstić information content (AvgIpc) is 3.44. The normalized spacial score (nSPS) is 17.0.